The van der Waals surface area contributed by atoms with Gasteiger partial charge in [-0.25, -0.2) is 13.4 Å². The van der Waals surface area contributed by atoms with Crippen LogP contribution in [-0.2, 0) is 16.4 Å². The van der Waals surface area contributed by atoms with Crippen molar-refractivity contribution in [3.63, 3.8) is 0 Å². The molecule has 3 rings (SSSR count). The highest BCUT2D eigenvalue weighted by molar-refractivity contribution is 7.89. The Hall–Kier alpha value is -1.51. The summed E-state index contributed by atoms with van der Waals surface area (Å²) < 4.78 is 30.9. The monoisotopic (exact) mass is 394 g/mol. The van der Waals surface area contributed by atoms with Gasteiger partial charge in [0, 0.05) is 43.6 Å². The highest BCUT2D eigenvalue weighted by Gasteiger charge is 2.34. The number of piperazine rings is 1. The Kier molecular flexibility index (Phi) is 5.64. The molecule has 1 aromatic carbocycles. The summed E-state index contributed by atoms with van der Waals surface area (Å²) in [5, 5.41) is 0.491. The number of anilines is 1. The standard InChI is InChI=1S/C18H26N4O2S2/c1-13(2)26(23,24)21-9-10-22(15(4)12-21)18-19-17(20-25-18)11-16-7-5-14(3)6-8-16/h5-8,13,15H,9-12H2,1-4H3. The third-order valence-corrected chi connectivity index (χ3v) is 7.77. The first-order valence-corrected chi connectivity index (χ1v) is 11.2. The van der Waals surface area contributed by atoms with Crippen LogP contribution in [0.25, 0.3) is 0 Å². The first kappa shape index (κ1) is 19.3. The fourth-order valence-electron chi connectivity index (χ4n) is 3.06. The van der Waals surface area contributed by atoms with Crippen molar-refractivity contribution in [1.29, 1.82) is 0 Å². The van der Waals surface area contributed by atoms with Gasteiger partial charge >= 0.3 is 0 Å². The molecule has 0 radical (unpaired) electrons. The molecule has 26 heavy (non-hydrogen) atoms. The molecule has 1 aliphatic heterocycles. The molecule has 1 saturated heterocycles. The van der Waals surface area contributed by atoms with Crippen LogP contribution in [-0.4, -0.2) is 53.0 Å². The van der Waals surface area contributed by atoms with Gasteiger partial charge in [0.15, 0.2) is 0 Å². The molecule has 2 heterocycles. The van der Waals surface area contributed by atoms with Crippen LogP contribution in [0.4, 0.5) is 5.13 Å². The SMILES string of the molecule is Cc1ccc(Cc2nsc(N3CCN(S(=O)(=O)C(C)C)CC3C)n2)cc1. The largest absolute Gasteiger partial charge is 0.342 e. The topological polar surface area (TPSA) is 66.4 Å². The van der Waals surface area contributed by atoms with Gasteiger partial charge in [0.2, 0.25) is 15.2 Å². The highest BCUT2D eigenvalue weighted by Crippen LogP contribution is 2.25. The van der Waals surface area contributed by atoms with Gasteiger partial charge in [-0.2, -0.15) is 8.68 Å². The Labute approximate surface area is 160 Å². The van der Waals surface area contributed by atoms with E-state index in [1.807, 2.05) is 6.92 Å². The van der Waals surface area contributed by atoms with Crippen LogP contribution in [0, 0.1) is 6.92 Å². The van der Waals surface area contributed by atoms with Crippen molar-refractivity contribution in [2.75, 3.05) is 24.5 Å². The maximum Gasteiger partial charge on any atom is 0.216 e. The summed E-state index contributed by atoms with van der Waals surface area (Å²) in [6.45, 7) is 9.22. The van der Waals surface area contributed by atoms with Gasteiger partial charge in [0.1, 0.15) is 5.82 Å². The number of hydrogen-bond acceptors (Lipinski definition) is 6. The molecule has 0 bridgehead atoms. The summed E-state index contributed by atoms with van der Waals surface area (Å²) in [6.07, 6.45) is 0.715. The lowest BCUT2D eigenvalue weighted by molar-refractivity contribution is 0.339. The predicted molar refractivity (Wildman–Crippen MR) is 106 cm³/mol. The first-order chi connectivity index (χ1) is 12.3. The van der Waals surface area contributed by atoms with Crippen molar-refractivity contribution in [3.05, 3.63) is 41.2 Å². The van der Waals surface area contributed by atoms with Crippen LogP contribution >= 0.6 is 11.5 Å². The van der Waals surface area contributed by atoms with Crippen molar-refractivity contribution >= 4 is 26.7 Å². The van der Waals surface area contributed by atoms with Crippen molar-refractivity contribution in [3.8, 4) is 0 Å². The molecule has 0 aliphatic carbocycles. The predicted octanol–water partition coefficient (Wildman–Crippen LogP) is 2.69. The molecular weight excluding hydrogens is 368 g/mol. The summed E-state index contributed by atoms with van der Waals surface area (Å²) in [7, 11) is -3.20. The average molecular weight is 395 g/mol. The van der Waals surface area contributed by atoms with E-state index in [-0.39, 0.29) is 11.3 Å². The van der Waals surface area contributed by atoms with E-state index in [2.05, 4.69) is 45.4 Å². The summed E-state index contributed by atoms with van der Waals surface area (Å²) in [5.41, 5.74) is 2.43. The molecular formula is C18H26N4O2S2. The smallest absolute Gasteiger partial charge is 0.216 e. The first-order valence-electron chi connectivity index (χ1n) is 8.91. The molecule has 6 nitrogen and oxygen atoms in total. The zero-order valence-electron chi connectivity index (χ0n) is 15.7. The number of aromatic nitrogens is 2. The summed E-state index contributed by atoms with van der Waals surface area (Å²) >= 11 is 1.39. The Balaban J connectivity index is 1.67. The molecule has 1 unspecified atom stereocenters. The van der Waals surface area contributed by atoms with Crippen molar-refractivity contribution in [2.24, 2.45) is 0 Å². The van der Waals surface area contributed by atoms with Gasteiger partial charge < -0.3 is 4.90 Å². The Morgan fingerprint density at radius 2 is 1.92 bits per heavy atom. The molecule has 1 aliphatic rings. The lowest BCUT2D eigenvalue weighted by atomic mass is 10.1. The van der Waals surface area contributed by atoms with Crippen LogP contribution in [0.3, 0.4) is 0 Å². The summed E-state index contributed by atoms with van der Waals surface area (Å²) in [4.78, 5) is 6.86. The molecule has 0 N–H and O–H groups in total. The number of benzene rings is 1. The second-order valence-corrected chi connectivity index (χ2v) is 10.4. The van der Waals surface area contributed by atoms with Crippen LogP contribution < -0.4 is 4.90 Å². The number of hydrogen-bond donors (Lipinski definition) is 0. The van der Waals surface area contributed by atoms with E-state index in [0.717, 1.165) is 11.0 Å². The minimum absolute atomic E-state index is 0.0810. The lowest BCUT2D eigenvalue weighted by Gasteiger charge is -2.39. The third-order valence-electron chi connectivity index (χ3n) is 4.73. The number of rotatable bonds is 5. The van der Waals surface area contributed by atoms with Gasteiger partial charge in [0.05, 0.1) is 5.25 Å². The van der Waals surface area contributed by atoms with Gasteiger partial charge in [-0.05, 0) is 33.3 Å². The molecule has 0 saturated carbocycles. The molecule has 0 spiro atoms. The van der Waals surface area contributed by atoms with Crippen molar-refractivity contribution in [1.82, 2.24) is 13.7 Å². The maximum atomic E-state index is 12.4. The fraction of sp³-hybridized carbons (Fsp3) is 0.556. The molecule has 0 amide bonds. The van der Waals surface area contributed by atoms with Crippen LogP contribution in [0.2, 0.25) is 0 Å². The van der Waals surface area contributed by atoms with Crippen LogP contribution in [0.15, 0.2) is 24.3 Å². The Morgan fingerprint density at radius 3 is 2.54 bits per heavy atom. The maximum absolute atomic E-state index is 12.4. The van der Waals surface area contributed by atoms with Crippen molar-refractivity contribution < 1.29 is 8.42 Å². The highest BCUT2D eigenvalue weighted by atomic mass is 32.2. The number of aryl methyl sites for hydroxylation is 1. The zero-order chi connectivity index (χ0) is 18.9. The lowest BCUT2D eigenvalue weighted by Crippen LogP contribution is -2.54. The fourth-order valence-corrected chi connectivity index (χ4v) is 5.23. The van der Waals surface area contributed by atoms with E-state index in [1.54, 1.807) is 18.2 Å². The van der Waals surface area contributed by atoms with Gasteiger partial charge in [-0.15, -0.1) is 0 Å². The second-order valence-electron chi connectivity index (χ2n) is 7.15. The number of nitrogens with zero attached hydrogens (tertiary/aromatic N) is 4. The average Bonchev–Trinajstić information content (AvgIpc) is 3.05. The normalized spacial score (nSPS) is 19.3. The van der Waals surface area contributed by atoms with E-state index >= 15 is 0 Å². The van der Waals surface area contributed by atoms with E-state index < -0.39 is 10.0 Å². The third kappa shape index (κ3) is 4.07. The Morgan fingerprint density at radius 1 is 1.23 bits per heavy atom. The van der Waals surface area contributed by atoms with E-state index in [0.29, 0.717) is 26.1 Å². The van der Waals surface area contributed by atoms with Crippen LogP contribution in [0.1, 0.15) is 37.7 Å². The van der Waals surface area contributed by atoms with E-state index in [1.165, 1.54) is 22.7 Å². The molecule has 1 fully saturated rings. The van der Waals surface area contributed by atoms with Crippen LogP contribution in [0.5, 0.6) is 0 Å². The van der Waals surface area contributed by atoms with Gasteiger partial charge in [-0.1, -0.05) is 29.8 Å². The minimum atomic E-state index is -3.20. The molecule has 2 aromatic rings. The summed E-state index contributed by atoms with van der Waals surface area (Å²) in [5.74, 6) is 0.818. The molecule has 1 atom stereocenters. The molecule has 1 aromatic heterocycles. The quantitative estimate of drug-likeness (QED) is 0.780. The van der Waals surface area contributed by atoms with E-state index in [4.69, 9.17) is 0 Å². The second kappa shape index (κ2) is 7.62. The molecule has 8 heteroatoms. The summed E-state index contributed by atoms with van der Waals surface area (Å²) in [6, 6.07) is 8.48. The zero-order valence-corrected chi connectivity index (χ0v) is 17.3. The van der Waals surface area contributed by atoms with Crippen molar-refractivity contribution in [2.45, 2.75) is 45.4 Å². The van der Waals surface area contributed by atoms with E-state index in [9.17, 15) is 8.42 Å². The Bertz CT molecular complexity index is 846. The van der Waals surface area contributed by atoms with Gasteiger partial charge in [0.25, 0.3) is 0 Å². The number of sulfonamides is 1. The van der Waals surface area contributed by atoms with Gasteiger partial charge in [-0.3, -0.25) is 0 Å². The minimum Gasteiger partial charge on any atom is -0.342 e. The molecule has 142 valence electrons.